The zero-order chi connectivity index (χ0) is 22.4. The van der Waals surface area contributed by atoms with Gasteiger partial charge in [-0.25, -0.2) is 0 Å². The zero-order valence-corrected chi connectivity index (χ0v) is 17.2. The highest BCUT2D eigenvalue weighted by molar-refractivity contribution is 6.13. The first kappa shape index (κ1) is 25.0. The van der Waals surface area contributed by atoms with Crippen molar-refractivity contribution in [2.24, 2.45) is 11.1 Å². The van der Waals surface area contributed by atoms with Crippen LogP contribution in [-0.4, -0.2) is 80.0 Å². The molecule has 1 aliphatic heterocycles. The minimum atomic E-state index is -0.422. The van der Waals surface area contributed by atoms with Crippen LogP contribution in [0.25, 0.3) is 0 Å². The van der Waals surface area contributed by atoms with Crippen molar-refractivity contribution in [1.82, 2.24) is 15.5 Å². The van der Waals surface area contributed by atoms with Gasteiger partial charge < -0.3 is 20.2 Å². The van der Waals surface area contributed by atoms with Crippen LogP contribution in [0.1, 0.15) is 26.7 Å². The van der Waals surface area contributed by atoms with Crippen molar-refractivity contribution < 1.29 is 33.5 Å². The Kier molecular flexibility index (Phi) is 11.6. The Labute approximate surface area is 174 Å². The van der Waals surface area contributed by atoms with Crippen LogP contribution in [0.3, 0.4) is 0 Å². The number of rotatable bonds is 15. The summed E-state index contributed by atoms with van der Waals surface area (Å²) in [5.74, 6) is -1.56. The highest BCUT2D eigenvalue weighted by Gasteiger charge is 2.23. The van der Waals surface area contributed by atoms with Gasteiger partial charge in [-0.1, -0.05) is 19.0 Å². The van der Waals surface area contributed by atoms with Crippen LogP contribution in [0.15, 0.2) is 17.3 Å². The van der Waals surface area contributed by atoms with E-state index in [1.165, 1.54) is 18.4 Å². The predicted molar refractivity (Wildman–Crippen MR) is 106 cm³/mol. The van der Waals surface area contributed by atoms with E-state index >= 15 is 0 Å². The van der Waals surface area contributed by atoms with E-state index in [2.05, 4.69) is 15.8 Å². The molecule has 0 aromatic carbocycles. The highest BCUT2D eigenvalue weighted by atomic mass is 16.6. The number of carbonyl (C=O) groups excluding carboxylic acids is 5. The molecular formula is C19H28N4O7. The highest BCUT2D eigenvalue weighted by Crippen LogP contribution is 2.03. The second-order valence-corrected chi connectivity index (χ2v) is 6.61. The smallest absolute Gasteiger partial charge is 0.253 e. The number of nitrogens with zero attached hydrogens (tertiary/aromatic N) is 2. The molecule has 0 radical (unpaired) electrons. The van der Waals surface area contributed by atoms with Crippen LogP contribution < -0.4 is 10.6 Å². The maximum Gasteiger partial charge on any atom is 0.253 e. The molecule has 0 saturated carbocycles. The molecule has 0 unspecified atom stereocenters. The molecule has 0 atom stereocenters. The zero-order valence-electron chi connectivity index (χ0n) is 17.2. The summed E-state index contributed by atoms with van der Waals surface area (Å²) in [6.45, 7) is 4.29. The lowest BCUT2D eigenvalue weighted by atomic mass is 10.1. The number of hydrogen-bond acceptors (Lipinski definition) is 8. The summed E-state index contributed by atoms with van der Waals surface area (Å²) in [6, 6.07) is 0. The third-order valence-corrected chi connectivity index (χ3v) is 3.90. The molecule has 11 heteroatoms. The molecule has 11 nitrogen and oxygen atoms in total. The topological polar surface area (TPSA) is 143 Å². The summed E-state index contributed by atoms with van der Waals surface area (Å²) in [5.41, 5.74) is 0. The molecule has 4 amide bonds. The molecule has 1 heterocycles. The monoisotopic (exact) mass is 424 g/mol. The van der Waals surface area contributed by atoms with Crippen molar-refractivity contribution >= 4 is 35.6 Å². The fourth-order valence-electron chi connectivity index (χ4n) is 2.09. The number of Topliss-reactive ketones (excluding diaryl/α,β-unsaturated/α-hetero) is 1. The van der Waals surface area contributed by atoms with Crippen molar-refractivity contribution in [3.63, 3.8) is 0 Å². The van der Waals surface area contributed by atoms with E-state index in [0.29, 0.717) is 0 Å². The van der Waals surface area contributed by atoms with Crippen LogP contribution in [0.4, 0.5) is 0 Å². The van der Waals surface area contributed by atoms with Gasteiger partial charge in [0.1, 0.15) is 0 Å². The number of carbonyl (C=O) groups is 5. The quantitative estimate of drug-likeness (QED) is 0.151. The molecule has 0 fully saturated rings. The molecule has 0 aromatic rings. The van der Waals surface area contributed by atoms with Gasteiger partial charge in [-0.3, -0.25) is 28.9 Å². The first-order valence-electron chi connectivity index (χ1n) is 9.62. The van der Waals surface area contributed by atoms with Crippen molar-refractivity contribution in [2.45, 2.75) is 26.7 Å². The van der Waals surface area contributed by atoms with Gasteiger partial charge in [0.15, 0.2) is 12.4 Å². The lowest BCUT2D eigenvalue weighted by Gasteiger charge is -2.13. The molecule has 2 N–H and O–H groups in total. The van der Waals surface area contributed by atoms with Gasteiger partial charge in [-0.2, -0.15) is 0 Å². The fraction of sp³-hybridized carbons (Fsp3) is 0.579. The first-order chi connectivity index (χ1) is 14.3. The largest absolute Gasteiger partial charge is 0.388 e. The number of ether oxygens (including phenoxy) is 1. The summed E-state index contributed by atoms with van der Waals surface area (Å²) in [6.07, 6.45) is 3.84. The number of hydrogen-bond donors (Lipinski definition) is 2. The molecule has 0 spiro atoms. The minimum absolute atomic E-state index is 0.0124. The summed E-state index contributed by atoms with van der Waals surface area (Å²) in [4.78, 5) is 63.1. The average molecular weight is 424 g/mol. The number of ketones is 1. The Hall–Kier alpha value is -3.08. The van der Waals surface area contributed by atoms with E-state index < -0.39 is 11.8 Å². The number of oxime groups is 1. The van der Waals surface area contributed by atoms with E-state index in [1.807, 2.05) is 0 Å². The SMILES string of the molecule is CC(C)C(=O)CO/N=C/CNC(=O)CCOCCNC(=O)CCN1C(=O)C=CC1=O. The molecule has 166 valence electrons. The summed E-state index contributed by atoms with van der Waals surface area (Å²) < 4.78 is 5.26. The third kappa shape index (κ3) is 10.5. The van der Waals surface area contributed by atoms with Gasteiger partial charge in [0, 0.05) is 44.0 Å². The van der Waals surface area contributed by atoms with E-state index in [1.54, 1.807) is 13.8 Å². The number of amides is 4. The molecule has 0 saturated heterocycles. The van der Waals surface area contributed by atoms with Crippen LogP contribution in [0.2, 0.25) is 0 Å². The first-order valence-corrected chi connectivity index (χ1v) is 9.62. The minimum Gasteiger partial charge on any atom is -0.388 e. The molecule has 0 aromatic heterocycles. The number of nitrogens with one attached hydrogen (secondary N) is 2. The van der Waals surface area contributed by atoms with Gasteiger partial charge in [0.05, 0.1) is 26.0 Å². The summed E-state index contributed by atoms with van der Waals surface area (Å²) in [5, 5.41) is 8.76. The molecule has 1 aliphatic rings. The van der Waals surface area contributed by atoms with E-state index in [-0.39, 0.29) is 75.8 Å². The molecule has 0 bridgehead atoms. The van der Waals surface area contributed by atoms with E-state index in [0.717, 1.165) is 4.90 Å². The normalized spacial score (nSPS) is 13.4. The Morgan fingerprint density at radius 1 is 1.07 bits per heavy atom. The van der Waals surface area contributed by atoms with Crippen molar-refractivity contribution in [3.8, 4) is 0 Å². The van der Waals surface area contributed by atoms with E-state index in [4.69, 9.17) is 9.57 Å². The van der Waals surface area contributed by atoms with Gasteiger partial charge in [-0.15, -0.1) is 0 Å². The average Bonchev–Trinajstić information content (AvgIpc) is 3.02. The molecule has 1 rings (SSSR count). The van der Waals surface area contributed by atoms with Crippen molar-refractivity contribution in [1.29, 1.82) is 0 Å². The Balaban J connectivity index is 1.96. The predicted octanol–water partition coefficient (Wildman–Crippen LogP) is -0.832. The Morgan fingerprint density at radius 2 is 1.73 bits per heavy atom. The van der Waals surface area contributed by atoms with Crippen molar-refractivity contribution in [2.75, 3.05) is 39.5 Å². The molecule has 30 heavy (non-hydrogen) atoms. The summed E-state index contributed by atoms with van der Waals surface area (Å²) >= 11 is 0. The molecular weight excluding hydrogens is 396 g/mol. The fourth-order valence-corrected chi connectivity index (χ4v) is 2.09. The van der Waals surface area contributed by atoms with Crippen molar-refractivity contribution in [3.05, 3.63) is 12.2 Å². The van der Waals surface area contributed by atoms with Gasteiger partial charge >= 0.3 is 0 Å². The van der Waals surface area contributed by atoms with Gasteiger partial charge in [-0.05, 0) is 0 Å². The lowest BCUT2D eigenvalue weighted by Crippen LogP contribution is -2.35. The maximum atomic E-state index is 11.7. The number of imide groups is 1. The van der Waals surface area contributed by atoms with Crippen LogP contribution in [-0.2, 0) is 33.5 Å². The van der Waals surface area contributed by atoms with Crippen LogP contribution in [0.5, 0.6) is 0 Å². The standard InChI is InChI=1S/C19H28N4O7/c1-14(2)15(24)13-30-22-8-7-20-17(26)6-11-29-12-9-21-16(25)5-10-23-18(27)3-4-19(23)28/h3-4,8,14H,5-7,9-13H2,1-2H3,(H,20,26)(H,21,25)/b22-8+. The Morgan fingerprint density at radius 3 is 2.40 bits per heavy atom. The Bertz CT molecular complexity index is 670. The molecule has 0 aliphatic carbocycles. The second kappa shape index (κ2) is 14.0. The second-order valence-electron chi connectivity index (χ2n) is 6.61. The summed E-state index contributed by atoms with van der Waals surface area (Å²) in [7, 11) is 0. The van der Waals surface area contributed by atoms with Gasteiger partial charge in [0.25, 0.3) is 11.8 Å². The lowest BCUT2D eigenvalue weighted by molar-refractivity contribution is -0.137. The van der Waals surface area contributed by atoms with E-state index in [9.17, 15) is 24.0 Å². The third-order valence-electron chi connectivity index (χ3n) is 3.90. The van der Waals surface area contributed by atoms with Gasteiger partial charge in [0.2, 0.25) is 11.8 Å². The van der Waals surface area contributed by atoms with Crippen LogP contribution in [0, 0.1) is 5.92 Å². The van der Waals surface area contributed by atoms with Crippen LogP contribution >= 0.6 is 0 Å². The maximum absolute atomic E-state index is 11.7.